The second-order valence-corrected chi connectivity index (χ2v) is 10.3. The first-order chi connectivity index (χ1) is 20.5. The molecule has 0 spiro atoms. The fourth-order valence-corrected chi connectivity index (χ4v) is 4.71. The molecule has 234 valence electrons. The number of primary amides is 1. The van der Waals surface area contributed by atoms with Gasteiger partial charge in [-0.15, -0.1) is 0 Å². The number of aromatic amines is 1. The number of amides is 4. The minimum atomic E-state index is -1.01. The summed E-state index contributed by atoms with van der Waals surface area (Å²) in [6.07, 6.45) is 1.90. The van der Waals surface area contributed by atoms with E-state index in [0.29, 0.717) is 39.3 Å². The van der Waals surface area contributed by atoms with E-state index in [4.69, 9.17) is 15.9 Å². The molecule has 2 heterocycles. The van der Waals surface area contributed by atoms with Gasteiger partial charge < -0.3 is 36.9 Å². The second kappa shape index (κ2) is 16.2. The number of nitrogens with two attached hydrogens (primary N) is 1. The van der Waals surface area contributed by atoms with Crippen molar-refractivity contribution in [3.05, 3.63) is 36.0 Å². The highest BCUT2D eigenvalue weighted by Gasteiger charge is 2.22. The van der Waals surface area contributed by atoms with E-state index in [0.717, 1.165) is 16.5 Å². The van der Waals surface area contributed by atoms with Gasteiger partial charge in [0.2, 0.25) is 23.6 Å². The topological polar surface area (TPSA) is 230 Å². The van der Waals surface area contributed by atoms with E-state index < -0.39 is 54.7 Å². The number of carbonyl (C=O) groups excluding carboxylic acids is 4. The van der Waals surface area contributed by atoms with Gasteiger partial charge in [-0.25, -0.2) is 0 Å². The third kappa shape index (κ3) is 11.3. The number of aromatic nitrogens is 1. The molecule has 1 aromatic heterocycles. The monoisotopic (exact) mass is 602 g/mol. The average molecular weight is 603 g/mol. The molecule has 16 nitrogen and oxygen atoms in total. The van der Waals surface area contributed by atoms with Gasteiger partial charge in [0.25, 0.3) is 0 Å². The molecule has 3 rings (SSSR count). The van der Waals surface area contributed by atoms with Crippen molar-refractivity contribution in [3.63, 3.8) is 0 Å². The van der Waals surface area contributed by atoms with Crippen LogP contribution in [0.5, 0.6) is 0 Å². The summed E-state index contributed by atoms with van der Waals surface area (Å²) in [6, 6.07) is 6.49. The van der Waals surface area contributed by atoms with Gasteiger partial charge >= 0.3 is 11.9 Å². The maximum Gasteiger partial charge on any atom is 0.317 e. The standard InChI is InChI=1S/C27H38N8O8/c28-27(43)21(11-18-12-29-20-4-2-1-3-19(18)20)32-23(37)14-30-22(36)13-31-24(38)15-33-5-7-34(16-25(39)40)9-10-35(8-6-33)17-26(41)42/h1-4,12,21,29H,5-11,13-17H2,(H2,28,43)(H,30,36)(H,31,38)(H,32,37)(H,39,40)(H,41,42)/t21-/m0/s1. The number of H-pyrrole nitrogens is 1. The van der Waals surface area contributed by atoms with Crippen LogP contribution in [0.3, 0.4) is 0 Å². The summed E-state index contributed by atoms with van der Waals surface area (Å²) in [5, 5.41) is 26.6. The first kappa shape index (κ1) is 33.0. The third-order valence-electron chi connectivity index (χ3n) is 6.95. The molecule has 0 bridgehead atoms. The molecule has 1 aromatic carbocycles. The van der Waals surface area contributed by atoms with Gasteiger partial charge in [-0.05, 0) is 11.6 Å². The van der Waals surface area contributed by atoms with Crippen LogP contribution in [0.1, 0.15) is 5.56 Å². The molecular weight excluding hydrogens is 564 g/mol. The Morgan fingerprint density at radius 2 is 1.28 bits per heavy atom. The predicted octanol–water partition coefficient (Wildman–Crippen LogP) is -3.00. The fraction of sp³-hybridized carbons (Fsp3) is 0.481. The molecule has 2 aromatic rings. The summed E-state index contributed by atoms with van der Waals surface area (Å²) in [6.45, 7) is 0.862. The number of benzene rings is 1. The Morgan fingerprint density at radius 3 is 1.84 bits per heavy atom. The summed E-state index contributed by atoms with van der Waals surface area (Å²) in [7, 11) is 0. The number of carboxylic acid groups (broad SMARTS) is 2. The van der Waals surface area contributed by atoms with Crippen molar-refractivity contribution in [2.45, 2.75) is 12.5 Å². The zero-order chi connectivity index (χ0) is 31.4. The Morgan fingerprint density at radius 1 is 0.767 bits per heavy atom. The largest absolute Gasteiger partial charge is 0.480 e. The van der Waals surface area contributed by atoms with E-state index in [1.165, 1.54) is 0 Å². The molecule has 1 fully saturated rings. The molecule has 16 heteroatoms. The zero-order valence-electron chi connectivity index (χ0n) is 23.7. The van der Waals surface area contributed by atoms with E-state index >= 15 is 0 Å². The van der Waals surface area contributed by atoms with Crippen molar-refractivity contribution >= 4 is 46.5 Å². The fourth-order valence-electron chi connectivity index (χ4n) is 4.71. The molecule has 0 saturated carbocycles. The first-order valence-corrected chi connectivity index (χ1v) is 13.8. The number of aliphatic carboxylic acids is 2. The van der Waals surface area contributed by atoms with E-state index in [1.807, 2.05) is 24.3 Å². The van der Waals surface area contributed by atoms with Crippen molar-refractivity contribution < 1.29 is 39.0 Å². The van der Waals surface area contributed by atoms with Crippen molar-refractivity contribution in [2.24, 2.45) is 5.73 Å². The number of carboxylic acids is 2. The summed E-state index contributed by atoms with van der Waals surface area (Å²) in [5.74, 6) is -4.47. The molecule has 1 aliphatic heterocycles. The SMILES string of the molecule is NC(=O)[C@H](Cc1c[nH]c2ccccc12)NC(=O)CNC(=O)CNC(=O)CN1CCN(CC(=O)O)CCN(CC(=O)O)CC1. The number of fused-ring (bicyclic) bond motifs is 1. The smallest absolute Gasteiger partial charge is 0.317 e. The number of carbonyl (C=O) groups is 6. The van der Waals surface area contributed by atoms with E-state index in [2.05, 4.69) is 20.9 Å². The molecular formula is C27H38N8O8. The van der Waals surface area contributed by atoms with E-state index in [9.17, 15) is 28.8 Å². The Kier molecular flexibility index (Phi) is 12.4. The van der Waals surface area contributed by atoms with Gasteiger partial charge in [0.1, 0.15) is 6.04 Å². The normalized spacial score (nSPS) is 15.9. The second-order valence-electron chi connectivity index (χ2n) is 10.3. The van der Waals surface area contributed by atoms with Crippen LogP contribution < -0.4 is 21.7 Å². The summed E-state index contributed by atoms with van der Waals surface area (Å²) >= 11 is 0. The molecule has 8 N–H and O–H groups in total. The van der Waals surface area contributed by atoms with Crippen molar-refractivity contribution in [3.8, 4) is 0 Å². The molecule has 1 atom stereocenters. The summed E-state index contributed by atoms with van der Waals surface area (Å²) < 4.78 is 0. The van der Waals surface area contributed by atoms with Gasteiger partial charge in [-0.3, -0.25) is 43.5 Å². The summed E-state index contributed by atoms with van der Waals surface area (Å²) in [5.41, 5.74) is 7.16. The number of para-hydroxylation sites is 1. The van der Waals surface area contributed by atoms with Gasteiger partial charge in [-0.2, -0.15) is 0 Å². The number of nitrogens with one attached hydrogen (secondary N) is 4. The van der Waals surface area contributed by atoms with Crippen LogP contribution in [0.15, 0.2) is 30.5 Å². The zero-order valence-corrected chi connectivity index (χ0v) is 23.7. The van der Waals surface area contributed by atoms with Crippen LogP contribution in [0.2, 0.25) is 0 Å². The van der Waals surface area contributed by atoms with Gasteiger partial charge in [0.15, 0.2) is 0 Å². The van der Waals surface area contributed by atoms with Crippen LogP contribution in [-0.2, 0) is 35.2 Å². The van der Waals surface area contributed by atoms with Crippen LogP contribution in [0.25, 0.3) is 10.9 Å². The van der Waals surface area contributed by atoms with Crippen molar-refractivity contribution in [2.75, 3.05) is 72.0 Å². The highest BCUT2D eigenvalue weighted by atomic mass is 16.4. The van der Waals surface area contributed by atoms with Crippen LogP contribution in [0.4, 0.5) is 0 Å². The Labute approximate surface area is 247 Å². The highest BCUT2D eigenvalue weighted by Crippen LogP contribution is 2.19. The van der Waals surface area contributed by atoms with Crippen LogP contribution >= 0.6 is 0 Å². The van der Waals surface area contributed by atoms with Crippen LogP contribution in [-0.4, -0.2) is 143 Å². The van der Waals surface area contributed by atoms with Crippen molar-refractivity contribution in [1.29, 1.82) is 0 Å². The predicted molar refractivity (Wildman–Crippen MR) is 154 cm³/mol. The maximum atomic E-state index is 12.5. The molecule has 0 unspecified atom stereocenters. The van der Waals surface area contributed by atoms with Crippen LogP contribution in [0, 0.1) is 0 Å². The summed E-state index contributed by atoms with van der Waals surface area (Å²) in [4.78, 5) is 79.8. The van der Waals surface area contributed by atoms with E-state index in [-0.39, 0.29) is 26.1 Å². The molecule has 1 aliphatic rings. The number of hydrogen-bond acceptors (Lipinski definition) is 9. The molecule has 43 heavy (non-hydrogen) atoms. The lowest BCUT2D eigenvalue weighted by molar-refractivity contribution is -0.140. The minimum absolute atomic E-state index is 0.0935. The Balaban J connectivity index is 1.43. The van der Waals surface area contributed by atoms with Gasteiger partial charge in [0.05, 0.1) is 32.7 Å². The number of hydrogen-bond donors (Lipinski definition) is 7. The molecule has 1 saturated heterocycles. The molecule has 4 amide bonds. The number of rotatable bonds is 14. The Bertz CT molecular complexity index is 1290. The third-order valence-corrected chi connectivity index (χ3v) is 6.95. The Hall–Kier alpha value is -4.54. The number of nitrogens with zero attached hydrogens (tertiary/aromatic N) is 3. The minimum Gasteiger partial charge on any atom is -0.480 e. The quantitative estimate of drug-likeness (QED) is 0.115. The molecule has 0 aliphatic carbocycles. The molecule has 0 radical (unpaired) electrons. The van der Waals surface area contributed by atoms with Gasteiger partial charge in [-0.1, -0.05) is 18.2 Å². The van der Waals surface area contributed by atoms with Crippen molar-refractivity contribution in [1.82, 2.24) is 35.6 Å². The average Bonchev–Trinajstić information content (AvgIpc) is 3.38. The van der Waals surface area contributed by atoms with Gasteiger partial charge in [0, 0.05) is 62.8 Å². The lowest BCUT2D eigenvalue weighted by Gasteiger charge is -2.24. The highest BCUT2D eigenvalue weighted by molar-refractivity contribution is 5.92. The lowest BCUT2D eigenvalue weighted by atomic mass is 10.0. The first-order valence-electron chi connectivity index (χ1n) is 13.8. The lowest BCUT2D eigenvalue weighted by Crippen LogP contribution is -2.50. The maximum absolute atomic E-state index is 12.5. The van der Waals surface area contributed by atoms with E-state index in [1.54, 1.807) is 20.9 Å².